The average molecular weight is 1480 g/mol. The zero-order chi connectivity index (χ0) is 75.4. The zero-order valence-electron chi connectivity index (χ0n) is 55.7. The maximum absolute atomic E-state index is 14.8. The lowest BCUT2D eigenvalue weighted by atomic mass is 9.76. The van der Waals surface area contributed by atoms with Crippen molar-refractivity contribution in [3.8, 4) is 0 Å². The molecule has 37 nitrogen and oxygen atoms in total. The molecular weight excluding hydrogens is 1380 g/mol. The van der Waals surface area contributed by atoms with Gasteiger partial charge >= 0.3 is 23.9 Å². The number of carbonyl (C=O) groups excluding carboxylic acids is 5. The first-order chi connectivity index (χ1) is 49.3. The highest BCUT2D eigenvalue weighted by atomic mass is 16.8. The van der Waals surface area contributed by atoms with E-state index in [0.29, 0.717) is 6.29 Å². The Bertz CT molecular complexity index is 3090. The van der Waals surface area contributed by atoms with Crippen LogP contribution in [0.4, 0.5) is 0 Å². The molecule has 0 bridgehead atoms. The predicted molar refractivity (Wildman–Crippen MR) is 334 cm³/mol. The second kappa shape index (κ2) is 37.1. The summed E-state index contributed by atoms with van der Waals surface area (Å²) in [6.45, 7) is 11.0. The third-order valence-corrected chi connectivity index (χ3v) is 19.2. The van der Waals surface area contributed by atoms with E-state index in [-0.39, 0.29) is 35.1 Å². The first-order valence-corrected chi connectivity index (χ1v) is 32.7. The summed E-state index contributed by atoms with van der Waals surface area (Å²) >= 11 is 0. The molecule has 0 radical (unpaired) electrons. The summed E-state index contributed by atoms with van der Waals surface area (Å²) in [6.07, 6.45) is -32.6. The molecule has 0 aromatic rings. The Balaban J connectivity index is 1.11. The molecular formula is C66H90O37. The van der Waals surface area contributed by atoms with Gasteiger partial charge in [0, 0.05) is 41.4 Å². The minimum absolute atomic E-state index is 0.118. The van der Waals surface area contributed by atoms with Gasteiger partial charge in [-0.2, -0.15) is 0 Å². The largest absolute Gasteiger partial charge is 0.471 e. The van der Waals surface area contributed by atoms with E-state index in [1.807, 2.05) is 0 Å². The molecule has 0 aromatic carbocycles. The SMILES string of the molecule is C=CC1C(OC2OC(CO)C(O)C(O)C2O)OC=C(C(=O)OC)C1CCOC(=O)C1=COC(OC2OC(CO)C(O)C(O)C2O)C(C=C)C1CC=C(C=O)C1C(C(=O)OCCC2C(C(=O)OC)=COC(OC3OC(CO)C(O)C(O)C3O)C2C=C)=COC(OC2OC(CO)C(O)C(O)C2O)C1C=C. The minimum Gasteiger partial charge on any atom is -0.471 e. The van der Waals surface area contributed by atoms with E-state index >= 15 is 0 Å². The average Bonchev–Trinajstić information content (AvgIpc) is 0.790. The summed E-state index contributed by atoms with van der Waals surface area (Å²) in [4.78, 5) is 70.1. The van der Waals surface area contributed by atoms with E-state index in [9.17, 15) is 106 Å². The fourth-order valence-electron chi connectivity index (χ4n) is 13.3. The first-order valence-electron chi connectivity index (χ1n) is 32.7. The number of ether oxygens (including phenoxy) is 16. The van der Waals surface area contributed by atoms with Crippen LogP contribution in [0.2, 0.25) is 0 Å². The molecule has 576 valence electrons. The van der Waals surface area contributed by atoms with Crippen molar-refractivity contribution in [3.05, 3.63) is 110 Å². The molecule has 32 atom stereocenters. The van der Waals surface area contributed by atoms with Crippen LogP contribution in [0, 0.1) is 47.3 Å². The topological polar surface area (TPSA) is 557 Å². The molecule has 8 rings (SSSR count). The van der Waals surface area contributed by atoms with Crippen LogP contribution in [0.5, 0.6) is 0 Å². The number of rotatable bonds is 30. The summed E-state index contributed by atoms with van der Waals surface area (Å²) in [7, 11) is 2.15. The molecule has 8 aliphatic heterocycles. The minimum atomic E-state index is -2.02. The van der Waals surface area contributed by atoms with Crippen molar-refractivity contribution >= 4 is 30.2 Å². The molecule has 37 heteroatoms. The van der Waals surface area contributed by atoms with E-state index in [1.54, 1.807) is 0 Å². The van der Waals surface area contributed by atoms with Crippen molar-refractivity contribution in [1.82, 2.24) is 0 Å². The van der Waals surface area contributed by atoms with Gasteiger partial charge in [0.1, 0.15) is 104 Å². The number of aliphatic hydroxyl groups is 16. The van der Waals surface area contributed by atoms with E-state index in [2.05, 4.69) is 26.3 Å². The van der Waals surface area contributed by atoms with Gasteiger partial charge in [-0.3, -0.25) is 4.79 Å². The number of allylic oxidation sites excluding steroid dienone is 2. The van der Waals surface area contributed by atoms with Crippen LogP contribution in [0.3, 0.4) is 0 Å². The van der Waals surface area contributed by atoms with Gasteiger partial charge in [-0.1, -0.05) is 30.4 Å². The normalized spacial score (nSPS) is 41.2. The van der Waals surface area contributed by atoms with Crippen molar-refractivity contribution in [1.29, 1.82) is 0 Å². The van der Waals surface area contributed by atoms with Crippen LogP contribution < -0.4 is 0 Å². The van der Waals surface area contributed by atoms with Crippen LogP contribution in [-0.4, -0.2) is 314 Å². The molecule has 0 saturated carbocycles. The Morgan fingerprint density at radius 2 is 0.670 bits per heavy atom. The lowest BCUT2D eigenvalue weighted by molar-refractivity contribution is -0.339. The first kappa shape index (κ1) is 82.1. The van der Waals surface area contributed by atoms with Gasteiger partial charge < -0.3 is 157 Å². The van der Waals surface area contributed by atoms with Crippen LogP contribution >= 0.6 is 0 Å². The maximum atomic E-state index is 14.8. The highest BCUT2D eigenvalue weighted by Crippen LogP contribution is 2.44. The number of aliphatic hydroxyl groups excluding tert-OH is 16. The molecule has 32 unspecified atom stereocenters. The van der Waals surface area contributed by atoms with E-state index < -0.39 is 271 Å². The summed E-state index contributed by atoms with van der Waals surface area (Å²) in [5.41, 5.74) is -1.35. The molecule has 4 fully saturated rings. The standard InChI is InChI=1S/C66H90O37/c1-7-27-31(36(24-94-59(27)100-63-51(80)47(76)43(72)38(18-68)96-63)57(86)90-15-13-32-28(8-2)60(92-22-34(32)55(84)88-5)101-64-52(81)48(77)44(73)39(19-69)97-64)12-11-26(17-67)42-30(10-4)62(103-66-54(83)50(79)46(75)41(21-71)99-66)95-25-37(42)58(87)91-16-14-33-29(9-3)61(93-23-35(33)56(85)89-6)102-65-53(82)49(78)45(74)40(20-70)98-65/h7-11,17,22-25,27-33,38-54,59-66,68-83H,1-4,12-16,18-21H2,5-6H3. The Labute approximate surface area is 588 Å². The molecule has 8 aliphatic rings. The van der Waals surface area contributed by atoms with Gasteiger partial charge in [-0.25, -0.2) is 19.2 Å². The third kappa shape index (κ3) is 17.8. The van der Waals surface area contributed by atoms with Crippen molar-refractivity contribution in [2.24, 2.45) is 47.3 Å². The summed E-state index contributed by atoms with van der Waals surface area (Å²) in [5.74, 6) is -14.0. The number of aldehydes is 1. The number of hydrogen-bond acceptors (Lipinski definition) is 37. The summed E-state index contributed by atoms with van der Waals surface area (Å²) < 4.78 is 91.2. The van der Waals surface area contributed by atoms with Crippen LogP contribution in [0.1, 0.15) is 19.3 Å². The van der Waals surface area contributed by atoms with Crippen molar-refractivity contribution in [2.75, 3.05) is 53.9 Å². The quantitative estimate of drug-likeness (QED) is 0.0105. The fourth-order valence-corrected chi connectivity index (χ4v) is 13.3. The molecule has 4 saturated heterocycles. The Morgan fingerprint density at radius 1 is 0.388 bits per heavy atom. The van der Waals surface area contributed by atoms with Crippen LogP contribution in [0.15, 0.2) is 110 Å². The van der Waals surface area contributed by atoms with E-state index in [4.69, 9.17) is 75.8 Å². The Kier molecular flexibility index (Phi) is 29.6. The molecule has 0 aromatic heterocycles. The van der Waals surface area contributed by atoms with Crippen molar-refractivity contribution in [3.63, 3.8) is 0 Å². The smallest absolute Gasteiger partial charge is 0.337 e. The summed E-state index contributed by atoms with van der Waals surface area (Å²) in [5, 5.41) is 168. The second-order valence-electron chi connectivity index (χ2n) is 25.1. The van der Waals surface area contributed by atoms with Gasteiger partial charge in [0.05, 0.1) is 107 Å². The molecule has 16 N–H and O–H groups in total. The van der Waals surface area contributed by atoms with Gasteiger partial charge in [0.2, 0.25) is 25.2 Å². The second-order valence-corrected chi connectivity index (χ2v) is 25.1. The number of carbonyl (C=O) groups is 5. The van der Waals surface area contributed by atoms with Crippen molar-refractivity contribution < 1.29 is 181 Å². The van der Waals surface area contributed by atoms with Gasteiger partial charge in [0.25, 0.3) is 0 Å². The monoisotopic (exact) mass is 1470 g/mol. The lowest BCUT2D eigenvalue weighted by Crippen LogP contribution is -2.60. The predicted octanol–water partition coefficient (Wildman–Crippen LogP) is -6.39. The number of methoxy groups -OCH3 is 2. The molecule has 8 heterocycles. The zero-order valence-corrected chi connectivity index (χ0v) is 55.7. The number of esters is 4. The van der Waals surface area contributed by atoms with Crippen molar-refractivity contribution in [2.45, 2.75) is 167 Å². The van der Waals surface area contributed by atoms with Crippen LogP contribution in [-0.2, 0) is 99.8 Å². The lowest BCUT2D eigenvalue weighted by Gasteiger charge is -2.43. The van der Waals surface area contributed by atoms with Gasteiger partial charge in [-0.15, -0.1) is 26.3 Å². The Morgan fingerprint density at radius 3 is 0.961 bits per heavy atom. The Hall–Kier alpha value is -6.55. The van der Waals surface area contributed by atoms with E-state index in [1.165, 1.54) is 30.4 Å². The van der Waals surface area contributed by atoms with Crippen LogP contribution in [0.25, 0.3) is 0 Å². The molecule has 103 heavy (non-hydrogen) atoms. The highest BCUT2D eigenvalue weighted by Gasteiger charge is 2.54. The highest BCUT2D eigenvalue weighted by molar-refractivity contribution is 5.93. The molecule has 0 aliphatic carbocycles. The molecule has 0 amide bonds. The van der Waals surface area contributed by atoms with Gasteiger partial charge in [0.15, 0.2) is 25.2 Å². The molecule has 0 spiro atoms. The fraction of sp³-hybridized carbons (Fsp3) is 0.652. The van der Waals surface area contributed by atoms with E-state index in [0.717, 1.165) is 39.3 Å². The maximum Gasteiger partial charge on any atom is 0.337 e. The summed E-state index contributed by atoms with van der Waals surface area (Å²) in [6, 6.07) is 0. The third-order valence-electron chi connectivity index (χ3n) is 19.2. The number of hydrogen-bond donors (Lipinski definition) is 16. The van der Waals surface area contributed by atoms with Gasteiger partial charge in [-0.05, 0) is 24.8 Å².